The fourth-order valence-corrected chi connectivity index (χ4v) is 4.67. The summed E-state index contributed by atoms with van der Waals surface area (Å²) in [5.74, 6) is 0.939. The Morgan fingerprint density at radius 1 is 1.30 bits per heavy atom. The maximum atomic E-state index is 6.61. The summed E-state index contributed by atoms with van der Waals surface area (Å²) in [7, 11) is 0. The molecule has 0 N–H and O–H groups in total. The van der Waals surface area contributed by atoms with Gasteiger partial charge in [-0.1, -0.05) is 51.5 Å². The standard InChI is InChI=1S/C18H24O2/c1-4-7-14-16-12-8-5-6-9-13(12)18(11(2)3)10-15(19-14)17(16)20-18/h5-6,8-9,11,14-17H,4,7,10H2,1-3H3/t14-,15+,16+,17-,18-/m1/s1. The van der Waals surface area contributed by atoms with Crippen molar-refractivity contribution in [3.63, 3.8) is 0 Å². The SMILES string of the molecule is CCC[C@H]1O[C@H]2C[C@]3(C(C)C)O[C@H]2[C@H]1c1ccccc13. The van der Waals surface area contributed by atoms with E-state index in [9.17, 15) is 0 Å². The van der Waals surface area contributed by atoms with E-state index in [1.54, 1.807) is 0 Å². The van der Waals surface area contributed by atoms with Gasteiger partial charge in [-0.25, -0.2) is 0 Å². The maximum absolute atomic E-state index is 6.61. The van der Waals surface area contributed by atoms with Gasteiger partial charge < -0.3 is 9.47 Å². The second-order valence-corrected chi connectivity index (χ2v) is 6.95. The van der Waals surface area contributed by atoms with E-state index in [2.05, 4.69) is 45.0 Å². The number of ether oxygens (including phenoxy) is 2. The number of hydrogen-bond acceptors (Lipinski definition) is 2. The maximum Gasteiger partial charge on any atom is 0.0987 e. The minimum atomic E-state index is -0.111. The molecule has 0 aliphatic carbocycles. The van der Waals surface area contributed by atoms with Gasteiger partial charge in [0.05, 0.1) is 23.9 Å². The molecule has 0 aromatic heterocycles. The summed E-state index contributed by atoms with van der Waals surface area (Å²) < 4.78 is 13.0. The number of rotatable bonds is 3. The molecule has 2 fully saturated rings. The third kappa shape index (κ3) is 1.47. The van der Waals surface area contributed by atoms with E-state index in [4.69, 9.17) is 9.47 Å². The lowest BCUT2D eigenvalue weighted by molar-refractivity contribution is -0.0979. The van der Waals surface area contributed by atoms with Crippen LogP contribution < -0.4 is 0 Å². The van der Waals surface area contributed by atoms with Crippen LogP contribution in [0.3, 0.4) is 0 Å². The summed E-state index contributed by atoms with van der Waals surface area (Å²) in [4.78, 5) is 0. The zero-order chi connectivity index (χ0) is 13.9. The smallest absolute Gasteiger partial charge is 0.0987 e. The molecule has 1 aromatic carbocycles. The van der Waals surface area contributed by atoms with Crippen molar-refractivity contribution in [2.24, 2.45) is 5.92 Å². The average molecular weight is 272 g/mol. The van der Waals surface area contributed by atoms with Crippen molar-refractivity contribution < 1.29 is 9.47 Å². The molecule has 5 atom stereocenters. The molecule has 20 heavy (non-hydrogen) atoms. The minimum absolute atomic E-state index is 0.111. The molecule has 2 bridgehead atoms. The van der Waals surface area contributed by atoms with Crippen LogP contribution >= 0.6 is 0 Å². The van der Waals surface area contributed by atoms with E-state index in [0.717, 1.165) is 12.8 Å². The van der Waals surface area contributed by atoms with Crippen LogP contribution in [0.25, 0.3) is 0 Å². The quantitative estimate of drug-likeness (QED) is 0.828. The Labute approximate surface area is 121 Å². The Morgan fingerprint density at radius 3 is 2.85 bits per heavy atom. The van der Waals surface area contributed by atoms with Crippen LogP contribution in [0.2, 0.25) is 0 Å². The molecule has 0 radical (unpaired) electrons. The molecule has 108 valence electrons. The van der Waals surface area contributed by atoms with Gasteiger partial charge in [0.15, 0.2) is 0 Å². The Morgan fingerprint density at radius 2 is 2.10 bits per heavy atom. The number of hydrogen-bond donors (Lipinski definition) is 0. The molecule has 3 aliphatic heterocycles. The van der Waals surface area contributed by atoms with Crippen LogP contribution in [-0.2, 0) is 15.1 Å². The van der Waals surface area contributed by atoms with E-state index < -0.39 is 0 Å². The molecule has 1 aromatic rings. The molecule has 2 nitrogen and oxygen atoms in total. The zero-order valence-corrected chi connectivity index (χ0v) is 12.6. The van der Waals surface area contributed by atoms with Crippen molar-refractivity contribution in [3.05, 3.63) is 35.4 Å². The van der Waals surface area contributed by atoms with Crippen LogP contribution in [0.15, 0.2) is 24.3 Å². The molecular weight excluding hydrogens is 248 g/mol. The fourth-order valence-electron chi connectivity index (χ4n) is 4.67. The first-order chi connectivity index (χ1) is 9.67. The molecule has 4 rings (SSSR count). The van der Waals surface area contributed by atoms with Gasteiger partial charge in [0, 0.05) is 12.3 Å². The van der Waals surface area contributed by atoms with Crippen molar-refractivity contribution in [2.45, 2.75) is 69.9 Å². The van der Waals surface area contributed by atoms with Gasteiger partial charge in [-0.05, 0) is 23.5 Å². The van der Waals surface area contributed by atoms with E-state index in [1.165, 1.54) is 17.5 Å². The first kappa shape index (κ1) is 12.8. The van der Waals surface area contributed by atoms with Gasteiger partial charge in [-0.15, -0.1) is 0 Å². The molecule has 0 saturated carbocycles. The van der Waals surface area contributed by atoms with E-state index in [-0.39, 0.29) is 11.7 Å². The minimum Gasteiger partial charge on any atom is -0.371 e. The van der Waals surface area contributed by atoms with Gasteiger partial charge in [-0.3, -0.25) is 0 Å². The summed E-state index contributed by atoms with van der Waals surface area (Å²) in [6, 6.07) is 8.93. The summed E-state index contributed by atoms with van der Waals surface area (Å²) in [5.41, 5.74) is 2.82. The molecule has 3 heterocycles. The van der Waals surface area contributed by atoms with E-state index >= 15 is 0 Å². The second kappa shape index (κ2) is 4.32. The summed E-state index contributed by atoms with van der Waals surface area (Å²) in [6.45, 7) is 6.80. The molecule has 0 spiro atoms. The number of fused-ring (bicyclic) bond motifs is 4. The Bertz CT molecular complexity index is 520. The van der Waals surface area contributed by atoms with Crippen LogP contribution in [0.4, 0.5) is 0 Å². The van der Waals surface area contributed by atoms with Crippen molar-refractivity contribution in [3.8, 4) is 0 Å². The largest absolute Gasteiger partial charge is 0.371 e. The van der Waals surface area contributed by atoms with Crippen LogP contribution in [-0.4, -0.2) is 18.3 Å². The van der Waals surface area contributed by atoms with Gasteiger partial charge in [0.1, 0.15) is 0 Å². The van der Waals surface area contributed by atoms with Gasteiger partial charge in [0.25, 0.3) is 0 Å². The monoisotopic (exact) mass is 272 g/mol. The third-order valence-corrected chi connectivity index (χ3v) is 5.60. The molecule has 0 amide bonds. The highest BCUT2D eigenvalue weighted by molar-refractivity contribution is 5.43. The highest BCUT2D eigenvalue weighted by Crippen LogP contribution is 2.60. The predicted molar refractivity (Wildman–Crippen MR) is 78.8 cm³/mol. The van der Waals surface area contributed by atoms with Crippen LogP contribution in [0, 0.1) is 5.92 Å². The Balaban J connectivity index is 1.86. The summed E-state index contributed by atoms with van der Waals surface area (Å²) in [6.07, 6.45) is 4.28. The normalized spacial score (nSPS) is 41.2. The fraction of sp³-hybridized carbons (Fsp3) is 0.667. The lowest BCUT2D eigenvalue weighted by Gasteiger charge is -2.43. The van der Waals surface area contributed by atoms with Gasteiger partial charge in [0.2, 0.25) is 0 Å². The molecule has 0 unspecified atom stereocenters. The lowest BCUT2D eigenvalue weighted by Crippen LogP contribution is -2.41. The number of benzene rings is 1. The van der Waals surface area contributed by atoms with Gasteiger partial charge in [-0.2, -0.15) is 0 Å². The van der Waals surface area contributed by atoms with Crippen LogP contribution in [0.5, 0.6) is 0 Å². The Hall–Kier alpha value is -0.860. The molecular formula is C18H24O2. The van der Waals surface area contributed by atoms with E-state index in [0.29, 0.717) is 24.0 Å². The van der Waals surface area contributed by atoms with Crippen molar-refractivity contribution >= 4 is 0 Å². The highest BCUT2D eigenvalue weighted by Gasteiger charge is 2.62. The first-order valence-corrected chi connectivity index (χ1v) is 8.10. The molecule has 2 saturated heterocycles. The third-order valence-electron chi connectivity index (χ3n) is 5.60. The van der Waals surface area contributed by atoms with E-state index in [1.807, 2.05) is 0 Å². The summed E-state index contributed by atoms with van der Waals surface area (Å²) in [5, 5.41) is 0. The molecule has 2 heteroatoms. The lowest BCUT2D eigenvalue weighted by atomic mass is 9.75. The summed E-state index contributed by atoms with van der Waals surface area (Å²) >= 11 is 0. The van der Waals surface area contributed by atoms with Crippen molar-refractivity contribution in [1.29, 1.82) is 0 Å². The second-order valence-electron chi connectivity index (χ2n) is 6.95. The van der Waals surface area contributed by atoms with Crippen LogP contribution in [0.1, 0.15) is 57.1 Å². The van der Waals surface area contributed by atoms with Crippen molar-refractivity contribution in [2.75, 3.05) is 0 Å². The average Bonchev–Trinajstić information content (AvgIpc) is 2.91. The first-order valence-electron chi connectivity index (χ1n) is 8.10. The van der Waals surface area contributed by atoms with Gasteiger partial charge >= 0.3 is 0 Å². The molecule has 3 aliphatic rings. The predicted octanol–water partition coefficient (Wildman–Crippen LogP) is 3.99. The topological polar surface area (TPSA) is 18.5 Å². The Kier molecular flexibility index (Phi) is 2.77. The van der Waals surface area contributed by atoms with Crippen molar-refractivity contribution in [1.82, 2.24) is 0 Å². The zero-order valence-electron chi connectivity index (χ0n) is 12.6. The highest BCUT2D eigenvalue weighted by atomic mass is 16.6.